The fraction of sp³-hybridized carbons (Fsp3) is 0.778. The second kappa shape index (κ2) is 8.69. The summed E-state index contributed by atoms with van der Waals surface area (Å²) in [6, 6.07) is -0.561. The lowest BCUT2D eigenvalue weighted by Crippen LogP contribution is -2.55. The number of aliphatic hydroxyl groups is 1. The Kier molecular flexibility index (Phi) is 6.97. The van der Waals surface area contributed by atoms with Gasteiger partial charge >= 0.3 is 12.2 Å². The Bertz CT molecular complexity index is 656. The molecule has 1 aliphatic rings. The number of amides is 2. The molecule has 1 fully saturated rings. The van der Waals surface area contributed by atoms with Crippen LogP contribution in [0.25, 0.3) is 0 Å². The van der Waals surface area contributed by atoms with Crippen LogP contribution in [0.4, 0.5) is 18.0 Å². The Morgan fingerprint density at radius 2 is 1.86 bits per heavy atom. The molecule has 10 heteroatoms. The highest BCUT2D eigenvalue weighted by molar-refractivity contribution is 5.73. The van der Waals surface area contributed by atoms with Crippen LogP contribution in [0.3, 0.4) is 0 Å². The molecule has 7 nitrogen and oxygen atoms in total. The number of aromatic nitrogens is 2. The standard InChI is InChI=1S/C18H30F3N5O2/c1-16(2,26-10-5-4-6-11-26)13-24-15(27)23-8-7-17(28,18(19,20)21)14-22-9-12-25(14)3/h9,12,28H,4-8,10-11,13H2,1-3H3,(H2,23,24,27). The molecule has 1 saturated heterocycles. The highest BCUT2D eigenvalue weighted by Crippen LogP contribution is 2.40. The van der Waals surface area contributed by atoms with Crippen molar-refractivity contribution in [1.82, 2.24) is 25.1 Å². The molecule has 1 aliphatic heterocycles. The first-order valence-electron chi connectivity index (χ1n) is 9.51. The molecule has 0 aromatic carbocycles. The molecule has 1 atom stereocenters. The summed E-state index contributed by atoms with van der Waals surface area (Å²) in [4.78, 5) is 18.0. The number of aryl methyl sites for hydroxylation is 1. The van der Waals surface area contributed by atoms with E-state index in [-0.39, 0.29) is 12.1 Å². The summed E-state index contributed by atoms with van der Waals surface area (Å²) >= 11 is 0. The number of hydrogen-bond donors (Lipinski definition) is 3. The van der Waals surface area contributed by atoms with Crippen LogP contribution >= 0.6 is 0 Å². The van der Waals surface area contributed by atoms with Crippen LogP contribution in [0.5, 0.6) is 0 Å². The second-order valence-electron chi connectivity index (χ2n) is 7.94. The third kappa shape index (κ3) is 5.16. The molecule has 0 saturated carbocycles. The number of urea groups is 1. The van der Waals surface area contributed by atoms with Crippen LogP contribution < -0.4 is 10.6 Å². The van der Waals surface area contributed by atoms with Gasteiger partial charge < -0.3 is 20.3 Å². The number of carbonyl (C=O) groups excluding carboxylic acids is 1. The van der Waals surface area contributed by atoms with E-state index in [1.165, 1.54) is 25.9 Å². The monoisotopic (exact) mass is 405 g/mol. The van der Waals surface area contributed by atoms with Gasteiger partial charge in [0.15, 0.2) is 0 Å². The number of piperidine rings is 1. The lowest BCUT2D eigenvalue weighted by atomic mass is 9.97. The fourth-order valence-electron chi connectivity index (χ4n) is 3.47. The summed E-state index contributed by atoms with van der Waals surface area (Å²) in [5.41, 5.74) is -3.37. The molecule has 0 bridgehead atoms. The van der Waals surface area contributed by atoms with E-state index in [2.05, 4.69) is 20.5 Å². The second-order valence-corrected chi connectivity index (χ2v) is 7.94. The Hall–Kier alpha value is -1.81. The number of rotatable bonds is 7. The number of carbonyl (C=O) groups is 1. The van der Waals surface area contributed by atoms with Crippen molar-refractivity contribution in [2.45, 2.75) is 56.8 Å². The third-order valence-electron chi connectivity index (χ3n) is 5.33. The zero-order valence-electron chi connectivity index (χ0n) is 16.6. The molecule has 1 aromatic rings. The van der Waals surface area contributed by atoms with Crippen molar-refractivity contribution in [1.29, 1.82) is 0 Å². The van der Waals surface area contributed by atoms with Crippen molar-refractivity contribution in [3.8, 4) is 0 Å². The van der Waals surface area contributed by atoms with Crippen LogP contribution in [-0.4, -0.2) is 63.5 Å². The normalized spacial score (nSPS) is 18.5. The predicted octanol–water partition coefficient (Wildman–Crippen LogP) is 2.12. The van der Waals surface area contributed by atoms with Gasteiger partial charge in [-0.3, -0.25) is 4.90 Å². The summed E-state index contributed by atoms with van der Waals surface area (Å²) in [7, 11) is 1.38. The number of alkyl halides is 3. The van der Waals surface area contributed by atoms with Crippen LogP contribution in [0.15, 0.2) is 12.4 Å². The SMILES string of the molecule is Cn1ccnc1C(O)(CCNC(=O)NCC(C)(C)N1CCCCC1)C(F)(F)F. The van der Waals surface area contributed by atoms with Gasteiger partial charge in [0.2, 0.25) is 5.60 Å². The lowest BCUT2D eigenvalue weighted by Gasteiger charge is -2.41. The van der Waals surface area contributed by atoms with Crippen LogP contribution in [-0.2, 0) is 12.6 Å². The maximum Gasteiger partial charge on any atom is 0.424 e. The van der Waals surface area contributed by atoms with E-state index >= 15 is 0 Å². The van der Waals surface area contributed by atoms with Crippen molar-refractivity contribution in [3.05, 3.63) is 18.2 Å². The fourth-order valence-corrected chi connectivity index (χ4v) is 3.47. The maximum absolute atomic E-state index is 13.4. The number of nitrogens with one attached hydrogen (secondary N) is 2. The largest absolute Gasteiger partial charge is 0.424 e. The first kappa shape index (κ1) is 22.5. The van der Waals surface area contributed by atoms with Crippen molar-refractivity contribution in [2.75, 3.05) is 26.2 Å². The van der Waals surface area contributed by atoms with Gasteiger partial charge in [-0.25, -0.2) is 9.78 Å². The minimum absolute atomic E-state index is 0.239. The van der Waals surface area contributed by atoms with E-state index < -0.39 is 30.1 Å². The molecule has 28 heavy (non-hydrogen) atoms. The maximum atomic E-state index is 13.4. The van der Waals surface area contributed by atoms with Gasteiger partial charge in [0.1, 0.15) is 5.82 Å². The first-order chi connectivity index (χ1) is 13.0. The lowest BCUT2D eigenvalue weighted by molar-refractivity contribution is -0.272. The van der Waals surface area contributed by atoms with Crippen LogP contribution in [0, 0.1) is 0 Å². The Morgan fingerprint density at radius 3 is 2.39 bits per heavy atom. The van der Waals surface area contributed by atoms with E-state index in [0.717, 1.165) is 30.5 Å². The van der Waals surface area contributed by atoms with Crippen molar-refractivity contribution in [2.24, 2.45) is 7.05 Å². The molecule has 3 N–H and O–H groups in total. The van der Waals surface area contributed by atoms with E-state index in [0.29, 0.717) is 6.54 Å². The molecular weight excluding hydrogens is 375 g/mol. The Balaban J connectivity index is 1.87. The smallest absolute Gasteiger partial charge is 0.374 e. The molecule has 1 aromatic heterocycles. The van der Waals surface area contributed by atoms with Crippen molar-refractivity contribution >= 4 is 6.03 Å². The molecule has 0 spiro atoms. The highest BCUT2D eigenvalue weighted by atomic mass is 19.4. The summed E-state index contributed by atoms with van der Waals surface area (Å²) in [5.74, 6) is -0.506. The van der Waals surface area contributed by atoms with E-state index in [4.69, 9.17) is 0 Å². The summed E-state index contributed by atoms with van der Waals surface area (Å²) in [5, 5.41) is 15.4. The van der Waals surface area contributed by atoms with E-state index in [9.17, 15) is 23.1 Å². The number of nitrogens with zero attached hydrogens (tertiary/aromatic N) is 3. The average Bonchev–Trinajstić information content (AvgIpc) is 3.06. The topological polar surface area (TPSA) is 82.4 Å². The van der Waals surface area contributed by atoms with Gasteiger partial charge in [0.05, 0.1) is 0 Å². The number of imidazole rings is 1. The molecular formula is C18H30F3N5O2. The summed E-state index contributed by atoms with van der Waals surface area (Å²) < 4.78 is 41.5. The van der Waals surface area contributed by atoms with Gasteiger partial charge in [-0.2, -0.15) is 13.2 Å². The molecule has 0 radical (unpaired) electrons. The minimum atomic E-state index is -4.92. The third-order valence-corrected chi connectivity index (χ3v) is 5.33. The van der Waals surface area contributed by atoms with Gasteiger partial charge in [0.25, 0.3) is 0 Å². The quantitative estimate of drug-likeness (QED) is 0.649. The van der Waals surface area contributed by atoms with Gasteiger partial charge in [-0.1, -0.05) is 6.42 Å². The van der Waals surface area contributed by atoms with Crippen molar-refractivity contribution < 1.29 is 23.1 Å². The number of halogens is 3. The number of hydrogen-bond acceptors (Lipinski definition) is 4. The Labute approximate surface area is 163 Å². The van der Waals surface area contributed by atoms with Crippen LogP contribution in [0.1, 0.15) is 45.4 Å². The predicted molar refractivity (Wildman–Crippen MR) is 98.7 cm³/mol. The first-order valence-corrected chi connectivity index (χ1v) is 9.51. The number of likely N-dealkylation sites (tertiary alicyclic amines) is 1. The zero-order valence-corrected chi connectivity index (χ0v) is 16.6. The highest BCUT2D eigenvalue weighted by Gasteiger charge is 2.57. The molecule has 2 rings (SSSR count). The molecule has 0 aliphatic carbocycles. The van der Waals surface area contributed by atoms with E-state index in [1.807, 2.05) is 13.8 Å². The molecule has 2 amide bonds. The molecule has 160 valence electrons. The van der Waals surface area contributed by atoms with Crippen LogP contribution in [0.2, 0.25) is 0 Å². The molecule has 1 unspecified atom stereocenters. The van der Waals surface area contributed by atoms with Gasteiger partial charge in [0, 0.05) is 44.5 Å². The Morgan fingerprint density at radius 1 is 1.21 bits per heavy atom. The minimum Gasteiger partial charge on any atom is -0.374 e. The van der Waals surface area contributed by atoms with E-state index in [1.54, 1.807) is 0 Å². The molecule has 2 heterocycles. The van der Waals surface area contributed by atoms with Gasteiger partial charge in [-0.05, 0) is 39.8 Å². The summed E-state index contributed by atoms with van der Waals surface area (Å²) in [6.45, 7) is 6.03. The zero-order chi connectivity index (χ0) is 21.0. The van der Waals surface area contributed by atoms with Crippen molar-refractivity contribution in [3.63, 3.8) is 0 Å². The summed E-state index contributed by atoms with van der Waals surface area (Å²) in [6.07, 6.45) is 0.324. The van der Waals surface area contributed by atoms with Gasteiger partial charge in [-0.15, -0.1) is 0 Å². The average molecular weight is 405 g/mol.